The number of sulfone groups is 1. The van der Waals surface area contributed by atoms with E-state index in [1.54, 1.807) is 6.92 Å². The maximum atomic E-state index is 14.3. The second-order valence-corrected chi connectivity index (χ2v) is 18.4. The van der Waals surface area contributed by atoms with Gasteiger partial charge in [-0.25, -0.2) is 26.5 Å². The summed E-state index contributed by atoms with van der Waals surface area (Å²) < 4.78 is 57.9. The fourth-order valence-electron chi connectivity index (χ4n) is 7.05. The van der Waals surface area contributed by atoms with Crippen LogP contribution < -0.4 is 15.4 Å². The highest BCUT2D eigenvalue weighted by molar-refractivity contribution is 7.91. The van der Waals surface area contributed by atoms with E-state index in [1.165, 1.54) is 30.0 Å². The SMILES string of the molecule is CC[C@H](NC(=O)[C@@H]1C[C@@H](CCc2ccc(Cl)cc2)CN1C(=O)[C@@H](CCC1CCNCC1)NS(C)(=O)=O)C(=O)c1nc2cc(S(=O)(=O)CC)ccc2o1. The van der Waals surface area contributed by atoms with E-state index in [0.29, 0.717) is 43.0 Å². The number of aromatic nitrogens is 1. The number of hydrogen-bond acceptors (Lipinski definition) is 10. The Kier molecular flexibility index (Phi) is 13.2. The van der Waals surface area contributed by atoms with Gasteiger partial charge in [-0.05, 0) is 112 Å². The van der Waals surface area contributed by atoms with Crippen LogP contribution in [0.1, 0.15) is 75.0 Å². The molecule has 3 N–H and O–H groups in total. The van der Waals surface area contributed by atoms with Crippen molar-refractivity contribution in [1.82, 2.24) is 25.2 Å². The zero-order valence-corrected chi connectivity index (χ0v) is 32.2. The number of sulfonamides is 1. The van der Waals surface area contributed by atoms with Crippen LogP contribution in [-0.4, -0.2) is 94.1 Å². The maximum absolute atomic E-state index is 14.3. The fraction of sp³-hybridized carbons (Fsp3) is 0.556. The lowest BCUT2D eigenvalue weighted by atomic mass is 9.91. The van der Waals surface area contributed by atoms with Crippen molar-refractivity contribution < 1.29 is 35.6 Å². The molecule has 0 unspecified atom stereocenters. The number of rotatable bonds is 16. The first-order chi connectivity index (χ1) is 24.7. The Labute approximate surface area is 310 Å². The van der Waals surface area contributed by atoms with Gasteiger partial charge in [0, 0.05) is 11.6 Å². The number of fused-ring (bicyclic) bond motifs is 1. The zero-order chi connectivity index (χ0) is 37.6. The van der Waals surface area contributed by atoms with Crippen LogP contribution in [0.25, 0.3) is 11.1 Å². The zero-order valence-electron chi connectivity index (χ0n) is 29.8. The standard InChI is InChI=1S/C36H48ClN5O8S2/c1-4-28(33(43)35-40-30-21-27(52(48,49)5-2)13-15-32(30)50-35)39-34(44)31-20-25(7-6-23-8-11-26(37)12-9-23)22-42(31)36(45)29(41-51(3,46)47)14-10-24-16-18-38-19-17-24/h8-9,11-13,15,21,24-25,28-29,31,38,41H,4-7,10,14,16-20,22H2,1-3H3,(H,39,44)/t25-,28+,29-,31+/m1/s1. The molecule has 0 bridgehead atoms. The minimum Gasteiger partial charge on any atom is -0.434 e. The predicted molar refractivity (Wildman–Crippen MR) is 198 cm³/mol. The summed E-state index contributed by atoms with van der Waals surface area (Å²) in [5.41, 5.74) is 1.48. The van der Waals surface area contributed by atoms with Crippen LogP contribution in [0.15, 0.2) is 51.8 Å². The molecule has 2 aromatic carbocycles. The van der Waals surface area contributed by atoms with Gasteiger partial charge in [-0.2, -0.15) is 0 Å². The van der Waals surface area contributed by atoms with Crippen LogP contribution in [0.2, 0.25) is 5.02 Å². The topological polar surface area (TPSA) is 185 Å². The number of likely N-dealkylation sites (tertiary alicyclic amines) is 1. The quantitative estimate of drug-likeness (QED) is 0.180. The first-order valence-corrected chi connectivity index (χ1v) is 21.8. The van der Waals surface area contributed by atoms with E-state index in [9.17, 15) is 31.2 Å². The van der Waals surface area contributed by atoms with Crippen LogP contribution in [0.4, 0.5) is 0 Å². The van der Waals surface area contributed by atoms with Crippen LogP contribution in [0.5, 0.6) is 0 Å². The van der Waals surface area contributed by atoms with Crippen molar-refractivity contribution in [1.29, 1.82) is 0 Å². The first kappa shape index (κ1) is 39.8. The highest BCUT2D eigenvalue weighted by Gasteiger charge is 2.43. The molecule has 4 atom stereocenters. The average molecular weight is 778 g/mol. The van der Waals surface area contributed by atoms with Crippen LogP contribution in [-0.2, 0) is 35.9 Å². The number of nitrogens with one attached hydrogen (secondary N) is 3. The van der Waals surface area contributed by atoms with E-state index in [2.05, 4.69) is 20.3 Å². The monoisotopic (exact) mass is 777 g/mol. The highest BCUT2D eigenvalue weighted by atomic mass is 35.5. The van der Waals surface area contributed by atoms with Gasteiger partial charge in [0.25, 0.3) is 5.89 Å². The Morgan fingerprint density at radius 1 is 1.00 bits per heavy atom. The van der Waals surface area contributed by atoms with Crippen LogP contribution >= 0.6 is 11.6 Å². The molecule has 1 aromatic heterocycles. The molecule has 5 rings (SSSR count). The van der Waals surface area contributed by atoms with E-state index in [0.717, 1.165) is 37.8 Å². The van der Waals surface area contributed by atoms with Gasteiger partial charge in [0.05, 0.1) is 22.9 Å². The smallest absolute Gasteiger partial charge is 0.266 e. The average Bonchev–Trinajstić information content (AvgIpc) is 3.76. The van der Waals surface area contributed by atoms with Gasteiger partial charge < -0.3 is 20.0 Å². The Balaban J connectivity index is 1.36. The van der Waals surface area contributed by atoms with Crippen molar-refractivity contribution in [3.05, 3.63) is 58.9 Å². The Hall–Kier alpha value is -3.37. The molecule has 284 valence electrons. The molecule has 0 spiro atoms. The predicted octanol–water partition coefficient (Wildman–Crippen LogP) is 3.90. The summed E-state index contributed by atoms with van der Waals surface area (Å²) in [7, 11) is -7.27. The number of carbonyl (C=O) groups excluding carboxylic acids is 3. The van der Waals surface area contributed by atoms with E-state index in [4.69, 9.17) is 16.0 Å². The van der Waals surface area contributed by atoms with Gasteiger partial charge in [0.1, 0.15) is 17.6 Å². The third-order valence-electron chi connectivity index (χ3n) is 10.1. The van der Waals surface area contributed by atoms with Crippen molar-refractivity contribution in [2.45, 2.75) is 88.2 Å². The van der Waals surface area contributed by atoms with Crippen molar-refractivity contribution in [3.8, 4) is 0 Å². The van der Waals surface area contributed by atoms with E-state index < -0.39 is 55.6 Å². The Bertz CT molecular complexity index is 1960. The molecule has 16 heteroatoms. The molecule has 2 saturated heterocycles. The molecule has 52 heavy (non-hydrogen) atoms. The number of oxazole rings is 1. The molecule has 3 heterocycles. The molecular weight excluding hydrogens is 730 g/mol. The summed E-state index contributed by atoms with van der Waals surface area (Å²) in [5.74, 6) is -1.69. The minimum absolute atomic E-state index is 0.0613. The molecule has 0 radical (unpaired) electrons. The highest BCUT2D eigenvalue weighted by Crippen LogP contribution is 2.30. The molecule has 2 amide bonds. The Morgan fingerprint density at radius 3 is 2.37 bits per heavy atom. The van der Waals surface area contributed by atoms with Gasteiger partial charge in [-0.15, -0.1) is 0 Å². The van der Waals surface area contributed by atoms with Crippen molar-refractivity contribution >= 4 is 60.2 Å². The number of hydrogen-bond donors (Lipinski definition) is 3. The van der Waals surface area contributed by atoms with Gasteiger partial charge in [-0.3, -0.25) is 14.4 Å². The summed E-state index contributed by atoms with van der Waals surface area (Å²) in [5, 5.41) is 6.76. The van der Waals surface area contributed by atoms with Crippen LogP contribution in [0, 0.1) is 11.8 Å². The lowest BCUT2D eigenvalue weighted by Crippen LogP contribution is -2.55. The number of amides is 2. The van der Waals surface area contributed by atoms with Crippen molar-refractivity contribution in [2.75, 3.05) is 31.6 Å². The van der Waals surface area contributed by atoms with E-state index in [1.807, 2.05) is 24.3 Å². The summed E-state index contributed by atoms with van der Waals surface area (Å²) in [4.78, 5) is 47.7. The summed E-state index contributed by atoms with van der Waals surface area (Å²) in [6.45, 7) is 5.24. The number of Topliss-reactive ketones (excluding diaryl/α,β-unsaturated/α-hetero) is 1. The molecule has 2 aliphatic heterocycles. The van der Waals surface area contributed by atoms with E-state index in [-0.39, 0.29) is 46.5 Å². The molecule has 3 aromatic rings. The van der Waals surface area contributed by atoms with E-state index >= 15 is 0 Å². The number of ketones is 1. The van der Waals surface area contributed by atoms with Gasteiger partial charge in [0.2, 0.25) is 27.6 Å². The fourth-order valence-corrected chi connectivity index (χ4v) is 8.81. The minimum atomic E-state index is -3.76. The van der Waals surface area contributed by atoms with Crippen molar-refractivity contribution in [2.24, 2.45) is 11.8 Å². The summed E-state index contributed by atoms with van der Waals surface area (Å²) in [6.07, 6.45) is 5.73. The maximum Gasteiger partial charge on any atom is 0.266 e. The Morgan fingerprint density at radius 2 is 1.71 bits per heavy atom. The number of nitrogens with zero attached hydrogens (tertiary/aromatic N) is 2. The summed E-state index contributed by atoms with van der Waals surface area (Å²) >= 11 is 6.06. The third-order valence-corrected chi connectivity index (χ3v) is 12.8. The normalized spacial score (nSPS) is 19.8. The summed E-state index contributed by atoms with van der Waals surface area (Å²) in [6, 6.07) is 8.65. The molecule has 13 nitrogen and oxygen atoms in total. The molecule has 0 aliphatic carbocycles. The number of halogens is 1. The molecule has 0 saturated carbocycles. The van der Waals surface area contributed by atoms with Gasteiger partial charge in [0.15, 0.2) is 15.4 Å². The number of piperidine rings is 1. The van der Waals surface area contributed by atoms with Crippen molar-refractivity contribution in [3.63, 3.8) is 0 Å². The second-order valence-electron chi connectivity index (χ2n) is 13.9. The van der Waals surface area contributed by atoms with Gasteiger partial charge in [-0.1, -0.05) is 37.6 Å². The lowest BCUT2D eigenvalue weighted by Gasteiger charge is -2.30. The number of benzene rings is 2. The third kappa shape index (κ3) is 10.2. The number of carbonyl (C=O) groups is 3. The molecular formula is C36H48ClN5O8S2. The molecule has 2 aliphatic rings. The largest absolute Gasteiger partial charge is 0.434 e. The first-order valence-electron chi connectivity index (χ1n) is 17.9. The molecule has 2 fully saturated rings. The lowest BCUT2D eigenvalue weighted by molar-refractivity contribution is -0.140. The van der Waals surface area contributed by atoms with Gasteiger partial charge >= 0.3 is 0 Å². The van der Waals surface area contributed by atoms with Crippen LogP contribution in [0.3, 0.4) is 0 Å². The second kappa shape index (κ2) is 17.2. The number of aryl methyl sites for hydroxylation is 1.